The van der Waals surface area contributed by atoms with E-state index in [0.717, 1.165) is 12.8 Å². The van der Waals surface area contributed by atoms with Gasteiger partial charge in [0.25, 0.3) is 0 Å². The van der Waals surface area contributed by atoms with Gasteiger partial charge in [-0.1, -0.05) is 61.6 Å². The predicted molar refractivity (Wildman–Crippen MR) is 75.2 cm³/mol. The maximum Gasteiger partial charge on any atom is 0.00631 e. The molecule has 88 valence electrons. The van der Waals surface area contributed by atoms with E-state index in [-0.39, 0.29) is 0 Å². The second-order valence-electron chi connectivity index (χ2n) is 4.75. The molecule has 0 amide bonds. The lowest BCUT2D eigenvalue weighted by molar-refractivity contribution is 0.906. The largest absolute Gasteiger partial charge is 0.0991 e. The Morgan fingerprint density at radius 2 is 2.00 bits per heavy atom. The normalized spacial score (nSPS) is 20.2. The molecule has 0 heterocycles. The molecule has 0 heteroatoms. The molecule has 0 N–H and O–H groups in total. The third-order valence-electron chi connectivity index (χ3n) is 3.66. The van der Waals surface area contributed by atoms with Gasteiger partial charge in [0, 0.05) is 5.92 Å². The van der Waals surface area contributed by atoms with Crippen LogP contribution in [0.4, 0.5) is 0 Å². The van der Waals surface area contributed by atoms with E-state index in [4.69, 9.17) is 0 Å². The van der Waals surface area contributed by atoms with E-state index in [0.29, 0.717) is 5.92 Å². The third kappa shape index (κ3) is 2.41. The zero-order valence-corrected chi connectivity index (χ0v) is 10.7. The summed E-state index contributed by atoms with van der Waals surface area (Å²) in [5.41, 5.74) is 5.94. The molecule has 1 aromatic carbocycles. The van der Waals surface area contributed by atoms with Crippen LogP contribution < -0.4 is 0 Å². The van der Waals surface area contributed by atoms with Gasteiger partial charge in [0.05, 0.1) is 0 Å². The molecule has 0 aliphatic heterocycles. The molecule has 1 aliphatic rings. The Morgan fingerprint density at radius 1 is 1.24 bits per heavy atom. The van der Waals surface area contributed by atoms with Crippen molar-refractivity contribution in [1.82, 2.24) is 0 Å². The van der Waals surface area contributed by atoms with Gasteiger partial charge in [-0.3, -0.25) is 0 Å². The van der Waals surface area contributed by atoms with Crippen LogP contribution in [0.15, 0.2) is 60.2 Å². The number of aryl methyl sites for hydroxylation is 1. The Bertz CT molecular complexity index is 475. The summed E-state index contributed by atoms with van der Waals surface area (Å²) in [6, 6.07) is 8.82. The van der Waals surface area contributed by atoms with Gasteiger partial charge in [-0.2, -0.15) is 0 Å². The van der Waals surface area contributed by atoms with Gasteiger partial charge in [0.1, 0.15) is 0 Å². The third-order valence-corrected chi connectivity index (χ3v) is 3.66. The minimum atomic E-state index is 0.491. The molecule has 0 saturated carbocycles. The number of hydrogen-bond acceptors (Lipinski definition) is 0. The van der Waals surface area contributed by atoms with E-state index in [9.17, 15) is 0 Å². The van der Waals surface area contributed by atoms with Crippen molar-refractivity contribution < 1.29 is 0 Å². The summed E-state index contributed by atoms with van der Waals surface area (Å²) < 4.78 is 0. The molecule has 1 aromatic rings. The Kier molecular flexibility index (Phi) is 3.63. The fourth-order valence-corrected chi connectivity index (χ4v) is 2.65. The first-order valence-corrected chi connectivity index (χ1v) is 6.30. The number of allylic oxidation sites excluding steroid dienone is 5. The smallest absolute Gasteiger partial charge is 0.00631 e. The van der Waals surface area contributed by atoms with E-state index >= 15 is 0 Å². The van der Waals surface area contributed by atoms with Crippen LogP contribution in [0.25, 0.3) is 0 Å². The highest BCUT2D eigenvalue weighted by Crippen LogP contribution is 2.34. The Hall–Kier alpha value is -1.56. The molecule has 2 rings (SSSR count). The van der Waals surface area contributed by atoms with Crippen LogP contribution in [-0.4, -0.2) is 0 Å². The summed E-state index contributed by atoms with van der Waals surface area (Å²) in [6.07, 6.45) is 8.44. The molecule has 0 saturated heterocycles. The molecule has 1 atom stereocenters. The first kappa shape index (κ1) is 11.9. The molecular weight excluding hydrogens is 204 g/mol. The summed E-state index contributed by atoms with van der Waals surface area (Å²) >= 11 is 0. The summed E-state index contributed by atoms with van der Waals surface area (Å²) in [4.78, 5) is 0. The van der Waals surface area contributed by atoms with Crippen LogP contribution in [0.2, 0.25) is 0 Å². The lowest BCUT2D eigenvalue weighted by Crippen LogP contribution is -1.98. The Morgan fingerprint density at radius 3 is 2.76 bits per heavy atom. The van der Waals surface area contributed by atoms with Crippen LogP contribution in [0.5, 0.6) is 0 Å². The van der Waals surface area contributed by atoms with Crippen LogP contribution in [-0.2, 0) is 6.42 Å². The second kappa shape index (κ2) is 5.18. The molecule has 0 spiro atoms. The first-order valence-electron chi connectivity index (χ1n) is 6.30. The average Bonchev–Trinajstić information content (AvgIpc) is 2.47. The van der Waals surface area contributed by atoms with Crippen molar-refractivity contribution in [3.8, 4) is 0 Å². The molecule has 0 nitrogen and oxygen atoms in total. The average molecular weight is 224 g/mol. The molecule has 0 bridgehead atoms. The molecular formula is C17H20. The lowest BCUT2D eigenvalue weighted by atomic mass is 9.89. The van der Waals surface area contributed by atoms with Gasteiger partial charge in [0.2, 0.25) is 0 Å². The van der Waals surface area contributed by atoms with Gasteiger partial charge >= 0.3 is 0 Å². The Balaban J connectivity index is 2.45. The quantitative estimate of drug-likeness (QED) is 0.633. The van der Waals surface area contributed by atoms with Crippen molar-refractivity contribution in [3.05, 3.63) is 71.3 Å². The fourth-order valence-electron chi connectivity index (χ4n) is 2.65. The second-order valence-corrected chi connectivity index (χ2v) is 4.75. The topological polar surface area (TPSA) is 0 Å². The van der Waals surface area contributed by atoms with Gasteiger partial charge in [0.15, 0.2) is 0 Å². The molecule has 1 unspecified atom stereocenters. The maximum absolute atomic E-state index is 3.75. The monoisotopic (exact) mass is 224 g/mol. The van der Waals surface area contributed by atoms with E-state index in [1.807, 2.05) is 12.2 Å². The summed E-state index contributed by atoms with van der Waals surface area (Å²) in [7, 11) is 0. The van der Waals surface area contributed by atoms with Crippen molar-refractivity contribution >= 4 is 0 Å². The fraction of sp³-hybridized carbons (Fsp3) is 0.294. The number of rotatable bonds is 2. The highest BCUT2D eigenvalue weighted by molar-refractivity contribution is 5.44. The van der Waals surface area contributed by atoms with Crippen molar-refractivity contribution in [3.63, 3.8) is 0 Å². The van der Waals surface area contributed by atoms with E-state index in [1.165, 1.54) is 22.3 Å². The van der Waals surface area contributed by atoms with Crippen LogP contribution in [0, 0.1) is 0 Å². The van der Waals surface area contributed by atoms with E-state index in [1.54, 1.807) is 0 Å². The van der Waals surface area contributed by atoms with Gasteiger partial charge in [-0.25, -0.2) is 0 Å². The summed E-state index contributed by atoms with van der Waals surface area (Å²) in [5.74, 6) is 0.491. The number of hydrogen-bond donors (Lipinski definition) is 0. The zero-order chi connectivity index (χ0) is 12.3. The highest BCUT2D eigenvalue weighted by atomic mass is 14.2. The number of fused-ring (bicyclic) bond motifs is 1. The first-order chi connectivity index (χ1) is 8.24. The summed E-state index contributed by atoms with van der Waals surface area (Å²) in [6.45, 7) is 8.31. The molecule has 0 aromatic heterocycles. The SMILES string of the molecule is C=CC=CC1=C(C)CCc2ccccc2C1C. The van der Waals surface area contributed by atoms with Crippen LogP contribution in [0.3, 0.4) is 0 Å². The van der Waals surface area contributed by atoms with Crippen LogP contribution in [0.1, 0.15) is 37.3 Å². The van der Waals surface area contributed by atoms with Gasteiger partial charge < -0.3 is 0 Å². The molecule has 0 radical (unpaired) electrons. The van der Waals surface area contributed by atoms with Crippen LogP contribution >= 0.6 is 0 Å². The van der Waals surface area contributed by atoms with E-state index in [2.05, 4.69) is 50.8 Å². The minimum Gasteiger partial charge on any atom is -0.0991 e. The van der Waals surface area contributed by atoms with Crippen molar-refractivity contribution in [2.24, 2.45) is 0 Å². The standard InChI is InChI=1S/C17H20/c1-4-5-9-16-13(2)11-12-15-8-6-7-10-17(15)14(16)3/h4-10,14H,1,11-12H2,2-3H3. The predicted octanol–water partition coefficient (Wildman–Crippen LogP) is 4.80. The highest BCUT2D eigenvalue weighted by Gasteiger charge is 2.18. The maximum atomic E-state index is 3.75. The minimum absolute atomic E-state index is 0.491. The zero-order valence-electron chi connectivity index (χ0n) is 10.7. The summed E-state index contributed by atoms with van der Waals surface area (Å²) in [5, 5.41) is 0. The lowest BCUT2D eigenvalue weighted by Gasteiger charge is -2.15. The Labute approximate surface area is 104 Å². The van der Waals surface area contributed by atoms with Gasteiger partial charge in [-0.15, -0.1) is 0 Å². The van der Waals surface area contributed by atoms with E-state index < -0.39 is 0 Å². The van der Waals surface area contributed by atoms with Crippen molar-refractivity contribution in [1.29, 1.82) is 0 Å². The molecule has 17 heavy (non-hydrogen) atoms. The van der Waals surface area contributed by atoms with Gasteiger partial charge in [-0.05, 0) is 36.5 Å². The van der Waals surface area contributed by atoms with Crippen molar-refractivity contribution in [2.45, 2.75) is 32.6 Å². The number of benzene rings is 1. The molecule has 1 aliphatic carbocycles. The van der Waals surface area contributed by atoms with Crippen molar-refractivity contribution in [2.75, 3.05) is 0 Å². The molecule has 0 fully saturated rings.